The lowest BCUT2D eigenvalue weighted by Gasteiger charge is -2.21. The van der Waals surface area contributed by atoms with Crippen LogP contribution in [0.15, 0.2) is 24.7 Å². The lowest BCUT2D eigenvalue weighted by Crippen LogP contribution is -2.22. The van der Waals surface area contributed by atoms with Gasteiger partial charge in [0.2, 0.25) is 0 Å². The van der Waals surface area contributed by atoms with E-state index in [0.717, 1.165) is 12.1 Å². The van der Waals surface area contributed by atoms with Crippen LogP contribution in [0.3, 0.4) is 0 Å². The first kappa shape index (κ1) is 14.3. The van der Waals surface area contributed by atoms with Crippen LogP contribution in [-0.4, -0.2) is 9.55 Å². The lowest BCUT2D eigenvalue weighted by atomic mass is 10.0. The topological polar surface area (TPSA) is 43.8 Å². The number of thiophene rings is 1. The zero-order chi connectivity index (χ0) is 14.0. The average molecular weight is 277 g/mol. The molecule has 0 radical (unpaired) electrons. The quantitative estimate of drug-likeness (QED) is 0.905. The molecule has 2 aromatic rings. The van der Waals surface area contributed by atoms with Crippen molar-refractivity contribution in [3.05, 3.63) is 40.1 Å². The summed E-state index contributed by atoms with van der Waals surface area (Å²) in [5.41, 5.74) is 7.40. The number of aryl methyl sites for hydroxylation is 1. The maximum absolute atomic E-state index is 6.26. The summed E-state index contributed by atoms with van der Waals surface area (Å²) >= 11 is 1.87. The minimum absolute atomic E-state index is 0.0509. The monoisotopic (exact) mass is 277 g/mol. The van der Waals surface area contributed by atoms with Gasteiger partial charge in [-0.1, -0.05) is 13.8 Å². The Morgan fingerprint density at radius 1 is 1.32 bits per heavy atom. The lowest BCUT2D eigenvalue weighted by molar-refractivity contribution is 0.447. The third-order valence-electron chi connectivity index (χ3n) is 3.52. The van der Waals surface area contributed by atoms with Crippen molar-refractivity contribution in [3.63, 3.8) is 0 Å². The van der Waals surface area contributed by atoms with E-state index in [9.17, 15) is 0 Å². The summed E-state index contributed by atoms with van der Waals surface area (Å²) in [6, 6.07) is 4.84. The summed E-state index contributed by atoms with van der Waals surface area (Å²) in [5.74, 6) is 0.423. The highest BCUT2D eigenvalue weighted by atomic mass is 32.1. The van der Waals surface area contributed by atoms with E-state index < -0.39 is 0 Å². The maximum atomic E-state index is 6.26. The first-order chi connectivity index (χ1) is 8.99. The van der Waals surface area contributed by atoms with Gasteiger partial charge in [-0.3, -0.25) is 0 Å². The van der Waals surface area contributed by atoms with Gasteiger partial charge in [-0.05, 0) is 31.9 Å². The number of nitrogens with two attached hydrogens (primary N) is 1. The van der Waals surface area contributed by atoms with Crippen molar-refractivity contribution in [2.24, 2.45) is 11.7 Å². The molecule has 2 N–H and O–H groups in total. The minimum Gasteiger partial charge on any atom is -0.330 e. The summed E-state index contributed by atoms with van der Waals surface area (Å²) in [5, 5.41) is 0. The van der Waals surface area contributed by atoms with E-state index in [4.69, 9.17) is 5.73 Å². The Morgan fingerprint density at radius 2 is 2.05 bits per heavy atom. The van der Waals surface area contributed by atoms with Gasteiger partial charge in [-0.2, -0.15) is 0 Å². The third kappa shape index (κ3) is 3.25. The van der Waals surface area contributed by atoms with Crippen molar-refractivity contribution in [2.45, 2.75) is 46.2 Å². The van der Waals surface area contributed by atoms with Gasteiger partial charge < -0.3 is 10.3 Å². The van der Waals surface area contributed by atoms with Gasteiger partial charge in [-0.25, -0.2) is 4.98 Å². The molecular formula is C15H23N3S. The summed E-state index contributed by atoms with van der Waals surface area (Å²) in [4.78, 5) is 7.07. The Bertz CT molecular complexity index is 527. The van der Waals surface area contributed by atoms with E-state index in [0.29, 0.717) is 12.0 Å². The van der Waals surface area contributed by atoms with Crippen molar-refractivity contribution in [1.29, 1.82) is 0 Å². The Morgan fingerprint density at radius 3 is 2.63 bits per heavy atom. The molecule has 2 unspecified atom stereocenters. The van der Waals surface area contributed by atoms with Crippen molar-refractivity contribution in [1.82, 2.24) is 9.55 Å². The molecule has 4 heteroatoms. The molecule has 2 atom stereocenters. The predicted molar refractivity (Wildman–Crippen MR) is 81.5 cm³/mol. The number of aromatic nitrogens is 2. The Balaban J connectivity index is 2.15. The third-order valence-corrected chi connectivity index (χ3v) is 4.55. The fourth-order valence-corrected chi connectivity index (χ4v) is 3.28. The van der Waals surface area contributed by atoms with Crippen molar-refractivity contribution in [2.75, 3.05) is 0 Å². The van der Waals surface area contributed by atoms with E-state index in [-0.39, 0.29) is 6.04 Å². The van der Waals surface area contributed by atoms with E-state index in [1.54, 1.807) is 0 Å². The van der Waals surface area contributed by atoms with Gasteiger partial charge >= 0.3 is 0 Å². The molecule has 0 bridgehead atoms. The van der Waals surface area contributed by atoms with Crippen molar-refractivity contribution < 1.29 is 0 Å². The van der Waals surface area contributed by atoms with Gasteiger partial charge in [0, 0.05) is 34.5 Å². The second-order valence-electron chi connectivity index (χ2n) is 5.56. The Kier molecular flexibility index (Phi) is 4.42. The fraction of sp³-hybridized carbons (Fsp3) is 0.533. The van der Waals surface area contributed by atoms with E-state index >= 15 is 0 Å². The molecule has 0 saturated carbocycles. The molecule has 0 amide bonds. The largest absolute Gasteiger partial charge is 0.330 e. The molecular weight excluding hydrogens is 254 g/mol. The zero-order valence-corrected chi connectivity index (χ0v) is 12.9. The van der Waals surface area contributed by atoms with E-state index in [1.807, 2.05) is 23.9 Å². The molecule has 0 aliphatic heterocycles. The zero-order valence-electron chi connectivity index (χ0n) is 12.1. The molecule has 0 saturated heterocycles. The first-order valence-corrected chi connectivity index (χ1v) is 7.63. The molecule has 0 fully saturated rings. The van der Waals surface area contributed by atoms with Gasteiger partial charge in [0.1, 0.15) is 0 Å². The number of hydrogen-bond acceptors (Lipinski definition) is 3. The summed E-state index contributed by atoms with van der Waals surface area (Å²) in [6.45, 7) is 8.67. The van der Waals surface area contributed by atoms with Crippen molar-refractivity contribution in [3.8, 4) is 0 Å². The summed E-state index contributed by atoms with van der Waals surface area (Å²) in [7, 11) is 0. The predicted octanol–water partition coefficient (Wildman–Crippen LogP) is 3.71. The number of nitrogens with zero attached hydrogens (tertiary/aromatic N) is 2. The van der Waals surface area contributed by atoms with Crippen LogP contribution in [0.4, 0.5) is 0 Å². The number of hydrogen-bond donors (Lipinski definition) is 1. The molecule has 0 aromatic carbocycles. The molecule has 2 aromatic heterocycles. The van der Waals surface area contributed by atoms with Crippen LogP contribution in [-0.2, 0) is 6.42 Å². The van der Waals surface area contributed by atoms with E-state index in [1.165, 1.54) is 9.75 Å². The van der Waals surface area contributed by atoms with Crippen LogP contribution in [0.5, 0.6) is 0 Å². The van der Waals surface area contributed by atoms with Gasteiger partial charge in [0.15, 0.2) is 0 Å². The highest BCUT2D eigenvalue weighted by Gasteiger charge is 2.18. The summed E-state index contributed by atoms with van der Waals surface area (Å²) < 4.78 is 2.22. The highest BCUT2D eigenvalue weighted by Crippen LogP contribution is 2.25. The molecule has 3 nitrogen and oxygen atoms in total. The number of rotatable bonds is 5. The van der Waals surface area contributed by atoms with Crippen LogP contribution in [0.25, 0.3) is 0 Å². The molecule has 0 aliphatic carbocycles. The SMILES string of the molecule is Cc1ccc(CC(C)n2cncc2C(N)C(C)C)s1. The Hall–Kier alpha value is -1.13. The molecule has 0 aliphatic rings. The molecule has 2 rings (SSSR count). The van der Waals surface area contributed by atoms with Gasteiger partial charge in [-0.15, -0.1) is 11.3 Å². The number of imidazole rings is 1. The first-order valence-electron chi connectivity index (χ1n) is 6.81. The van der Waals surface area contributed by atoms with Crippen LogP contribution in [0.2, 0.25) is 0 Å². The average Bonchev–Trinajstić information content (AvgIpc) is 2.96. The second kappa shape index (κ2) is 5.88. The summed E-state index contributed by atoms with van der Waals surface area (Å²) in [6.07, 6.45) is 4.84. The standard InChI is InChI=1S/C15H23N3S/c1-10(2)15(16)14-8-17-9-18(14)11(3)7-13-6-5-12(4)19-13/h5-6,8-11,15H,7,16H2,1-4H3. The van der Waals surface area contributed by atoms with Crippen molar-refractivity contribution >= 4 is 11.3 Å². The maximum Gasteiger partial charge on any atom is 0.0951 e. The normalized spacial score (nSPS) is 14.8. The highest BCUT2D eigenvalue weighted by molar-refractivity contribution is 7.11. The molecule has 19 heavy (non-hydrogen) atoms. The molecule has 0 spiro atoms. The van der Waals surface area contributed by atoms with E-state index in [2.05, 4.69) is 49.4 Å². The molecule has 104 valence electrons. The minimum atomic E-state index is 0.0509. The van der Waals surface area contributed by atoms with Crippen LogP contribution < -0.4 is 5.73 Å². The van der Waals surface area contributed by atoms with Crippen LogP contribution in [0.1, 0.15) is 48.3 Å². The second-order valence-corrected chi connectivity index (χ2v) is 6.93. The van der Waals surface area contributed by atoms with Crippen LogP contribution in [0, 0.1) is 12.8 Å². The van der Waals surface area contributed by atoms with Gasteiger partial charge in [0.25, 0.3) is 0 Å². The van der Waals surface area contributed by atoms with Crippen LogP contribution >= 0.6 is 11.3 Å². The van der Waals surface area contributed by atoms with Gasteiger partial charge in [0.05, 0.1) is 12.0 Å². The Labute approximate surface area is 119 Å². The smallest absolute Gasteiger partial charge is 0.0951 e. The molecule has 2 heterocycles. The fourth-order valence-electron chi connectivity index (χ4n) is 2.27.